The Hall–Kier alpha value is -1.56. The van der Waals surface area contributed by atoms with Gasteiger partial charge in [0.1, 0.15) is 0 Å². The summed E-state index contributed by atoms with van der Waals surface area (Å²) in [5, 5.41) is 7.05. The number of hydrogen-bond donors (Lipinski definition) is 2. The van der Waals surface area contributed by atoms with E-state index in [1.807, 2.05) is 31.3 Å². The molecule has 7 heteroatoms. The van der Waals surface area contributed by atoms with Gasteiger partial charge in [0.15, 0.2) is 0 Å². The largest absolute Gasteiger partial charge is 0.348 e. The Balaban J connectivity index is 0.00000200. The molecular formula is C14H20Cl2N4O. The Morgan fingerprint density at radius 3 is 2.52 bits per heavy atom. The van der Waals surface area contributed by atoms with Gasteiger partial charge in [-0.25, -0.2) is 0 Å². The van der Waals surface area contributed by atoms with Crippen molar-refractivity contribution in [3.63, 3.8) is 0 Å². The second-order valence-electron chi connectivity index (χ2n) is 4.50. The standard InChI is InChI=1S/C14H18N4O.2ClH/c1-11(10-18-8-2-7-16-18)17-14(19)13-5-3-12(9-15)4-6-13;;/h2-8,11H,9-10,15H2,1H3,(H,17,19);2*1H. The highest BCUT2D eigenvalue weighted by Crippen LogP contribution is 2.04. The Bertz CT molecular complexity index is 528. The molecule has 0 saturated carbocycles. The van der Waals surface area contributed by atoms with Crippen LogP contribution in [-0.4, -0.2) is 21.7 Å². The zero-order chi connectivity index (χ0) is 13.7. The maximum absolute atomic E-state index is 12.0. The molecule has 3 N–H and O–H groups in total. The van der Waals surface area contributed by atoms with Gasteiger partial charge in [0.25, 0.3) is 5.91 Å². The van der Waals surface area contributed by atoms with Gasteiger partial charge in [0.2, 0.25) is 0 Å². The molecule has 1 atom stereocenters. The number of amides is 1. The third kappa shape index (κ3) is 5.75. The van der Waals surface area contributed by atoms with Gasteiger partial charge in [-0.05, 0) is 30.7 Å². The monoisotopic (exact) mass is 330 g/mol. The lowest BCUT2D eigenvalue weighted by atomic mass is 10.1. The zero-order valence-electron chi connectivity index (χ0n) is 11.7. The summed E-state index contributed by atoms with van der Waals surface area (Å²) in [4.78, 5) is 12.0. The van der Waals surface area contributed by atoms with Crippen LogP contribution in [0.4, 0.5) is 0 Å². The summed E-state index contributed by atoms with van der Waals surface area (Å²) in [5.41, 5.74) is 7.18. The Morgan fingerprint density at radius 2 is 2.00 bits per heavy atom. The Labute approximate surface area is 136 Å². The molecule has 0 radical (unpaired) electrons. The molecule has 0 aliphatic carbocycles. The molecule has 1 unspecified atom stereocenters. The lowest BCUT2D eigenvalue weighted by molar-refractivity contribution is 0.0936. The van der Waals surface area contributed by atoms with Crippen LogP contribution in [0.15, 0.2) is 42.7 Å². The van der Waals surface area contributed by atoms with Crippen LogP contribution in [0, 0.1) is 0 Å². The van der Waals surface area contributed by atoms with E-state index in [9.17, 15) is 4.79 Å². The highest BCUT2D eigenvalue weighted by Gasteiger charge is 2.10. The number of nitrogens with two attached hydrogens (primary N) is 1. The van der Waals surface area contributed by atoms with Gasteiger partial charge in [-0.15, -0.1) is 24.8 Å². The lowest BCUT2D eigenvalue weighted by Gasteiger charge is -2.14. The van der Waals surface area contributed by atoms with Gasteiger partial charge in [-0.1, -0.05) is 12.1 Å². The maximum atomic E-state index is 12.0. The third-order valence-electron chi connectivity index (χ3n) is 2.85. The number of benzene rings is 1. The molecule has 0 bridgehead atoms. The second-order valence-corrected chi connectivity index (χ2v) is 4.50. The van der Waals surface area contributed by atoms with E-state index in [4.69, 9.17) is 5.73 Å². The number of halogens is 2. The minimum Gasteiger partial charge on any atom is -0.348 e. The molecular weight excluding hydrogens is 311 g/mol. The SMILES string of the molecule is CC(Cn1cccn1)NC(=O)c1ccc(CN)cc1.Cl.Cl. The fraction of sp³-hybridized carbons (Fsp3) is 0.286. The molecule has 1 aromatic carbocycles. The molecule has 0 aliphatic rings. The predicted octanol–water partition coefficient (Wildman–Crippen LogP) is 2.00. The van der Waals surface area contributed by atoms with Gasteiger partial charge in [0.05, 0.1) is 6.54 Å². The van der Waals surface area contributed by atoms with Crippen molar-refractivity contribution in [1.29, 1.82) is 0 Å². The molecule has 1 aromatic heterocycles. The van der Waals surface area contributed by atoms with E-state index in [0.29, 0.717) is 18.7 Å². The number of nitrogens with one attached hydrogen (secondary N) is 1. The van der Waals surface area contributed by atoms with E-state index in [-0.39, 0.29) is 36.8 Å². The quantitative estimate of drug-likeness (QED) is 0.880. The van der Waals surface area contributed by atoms with E-state index in [0.717, 1.165) is 5.56 Å². The first kappa shape index (κ1) is 19.4. The summed E-state index contributed by atoms with van der Waals surface area (Å²) in [6.45, 7) is 3.09. The second kappa shape index (κ2) is 9.39. The van der Waals surface area contributed by atoms with Crippen LogP contribution in [0.3, 0.4) is 0 Å². The number of carbonyl (C=O) groups is 1. The molecule has 5 nitrogen and oxygen atoms in total. The van der Waals surface area contributed by atoms with Crippen LogP contribution in [-0.2, 0) is 13.1 Å². The number of aromatic nitrogens is 2. The molecule has 2 aromatic rings. The van der Waals surface area contributed by atoms with Crippen LogP contribution < -0.4 is 11.1 Å². The number of hydrogen-bond acceptors (Lipinski definition) is 3. The maximum Gasteiger partial charge on any atom is 0.251 e. The molecule has 21 heavy (non-hydrogen) atoms. The highest BCUT2D eigenvalue weighted by molar-refractivity contribution is 5.94. The van der Waals surface area contributed by atoms with Crippen LogP contribution in [0.5, 0.6) is 0 Å². The Morgan fingerprint density at radius 1 is 1.33 bits per heavy atom. The topological polar surface area (TPSA) is 72.9 Å². The van der Waals surface area contributed by atoms with Crippen LogP contribution >= 0.6 is 24.8 Å². The van der Waals surface area contributed by atoms with Crippen LogP contribution in [0.2, 0.25) is 0 Å². The van der Waals surface area contributed by atoms with E-state index in [1.165, 1.54) is 0 Å². The molecule has 0 fully saturated rings. The average Bonchev–Trinajstić information content (AvgIpc) is 2.91. The first-order valence-electron chi connectivity index (χ1n) is 6.26. The molecule has 0 saturated heterocycles. The normalized spacial score (nSPS) is 11.0. The fourth-order valence-corrected chi connectivity index (χ4v) is 1.83. The fourth-order valence-electron chi connectivity index (χ4n) is 1.83. The van der Waals surface area contributed by atoms with Gasteiger partial charge in [-0.3, -0.25) is 9.48 Å². The van der Waals surface area contributed by atoms with Crippen LogP contribution in [0.25, 0.3) is 0 Å². The Kier molecular flexibility index (Phi) is 8.69. The first-order valence-corrected chi connectivity index (χ1v) is 6.26. The van der Waals surface area contributed by atoms with Crippen molar-refractivity contribution < 1.29 is 4.79 Å². The van der Waals surface area contributed by atoms with E-state index < -0.39 is 0 Å². The van der Waals surface area contributed by atoms with Crippen molar-refractivity contribution in [3.8, 4) is 0 Å². The summed E-state index contributed by atoms with van der Waals surface area (Å²) >= 11 is 0. The molecule has 0 spiro atoms. The van der Waals surface area contributed by atoms with Gasteiger partial charge in [-0.2, -0.15) is 5.10 Å². The molecule has 116 valence electrons. The zero-order valence-corrected chi connectivity index (χ0v) is 13.4. The predicted molar refractivity (Wildman–Crippen MR) is 88.0 cm³/mol. The van der Waals surface area contributed by atoms with E-state index in [2.05, 4.69) is 10.4 Å². The summed E-state index contributed by atoms with van der Waals surface area (Å²) in [7, 11) is 0. The highest BCUT2D eigenvalue weighted by atomic mass is 35.5. The summed E-state index contributed by atoms with van der Waals surface area (Å²) < 4.78 is 1.79. The molecule has 1 heterocycles. The van der Waals surface area contributed by atoms with Gasteiger partial charge in [0, 0.05) is 30.5 Å². The van der Waals surface area contributed by atoms with Crippen molar-refractivity contribution in [1.82, 2.24) is 15.1 Å². The lowest BCUT2D eigenvalue weighted by Crippen LogP contribution is -2.35. The third-order valence-corrected chi connectivity index (χ3v) is 2.85. The summed E-state index contributed by atoms with van der Waals surface area (Å²) in [5.74, 6) is -0.0803. The molecule has 1 amide bonds. The molecule has 2 rings (SSSR count). The van der Waals surface area contributed by atoms with Crippen molar-refractivity contribution in [3.05, 3.63) is 53.9 Å². The number of rotatable bonds is 5. The minimum atomic E-state index is -0.0803. The van der Waals surface area contributed by atoms with Gasteiger partial charge >= 0.3 is 0 Å². The minimum absolute atomic E-state index is 0. The smallest absolute Gasteiger partial charge is 0.251 e. The average molecular weight is 331 g/mol. The van der Waals surface area contributed by atoms with Crippen molar-refractivity contribution in [2.75, 3.05) is 0 Å². The molecule has 0 aliphatic heterocycles. The summed E-state index contributed by atoms with van der Waals surface area (Å²) in [6, 6.07) is 9.19. The van der Waals surface area contributed by atoms with Gasteiger partial charge < -0.3 is 11.1 Å². The van der Waals surface area contributed by atoms with Crippen molar-refractivity contribution >= 4 is 30.7 Å². The van der Waals surface area contributed by atoms with Crippen molar-refractivity contribution in [2.45, 2.75) is 26.1 Å². The first-order chi connectivity index (χ1) is 9.19. The van der Waals surface area contributed by atoms with Crippen LogP contribution in [0.1, 0.15) is 22.8 Å². The van der Waals surface area contributed by atoms with E-state index in [1.54, 1.807) is 23.0 Å². The van der Waals surface area contributed by atoms with E-state index >= 15 is 0 Å². The number of nitrogens with zero attached hydrogens (tertiary/aromatic N) is 2. The summed E-state index contributed by atoms with van der Waals surface area (Å²) in [6.07, 6.45) is 3.60. The van der Waals surface area contributed by atoms with Crippen molar-refractivity contribution in [2.24, 2.45) is 5.73 Å². The number of carbonyl (C=O) groups excluding carboxylic acids is 1.